The van der Waals surface area contributed by atoms with Crippen molar-refractivity contribution in [2.24, 2.45) is 0 Å². The van der Waals surface area contributed by atoms with Crippen LogP contribution in [0.15, 0.2) is 53.4 Å². The maximum atomic E-state index is 12.1. The van der Waals surface area contributed by atoms with Gasteiger partial charge in [0.25, 0.3) is 0 Å². The molecule has 1 N–H and O–H groups in total. The number of halogens is 1. The predicted molar refractivity (Wildman–Crippen MR) is 92.9 cm³/mol. The van der Waals surface area contributed by atoms with Gasteiger partial charge in [-0.25, -0.2) is 8.42 Å². The first-order valence-electron chi connectivity index (χ1n) is 7.29. The zero-order valence-corrected chi connectivity index (χ0v) is 14.9. The van der Waals surface area contributed by atoms with Gasteiger partial charge in [0.1, 0.15) is 13.2 Å². The lowest BCUT2D eigenvalue weighted by Gasteiger charge is -2.08. The monoisotopic (exact) mass is 381 g/mol. The van der Waals surface area contributed by atoms with E-state index in [4.69, 9.17) is 16.3 Å². The third kappa shape index (κ3) is 5.67. The molecule has 0 aromatic heterocycles. The summed E-state index contributed by atoms with van der Waals surface area (Å²) >= 11 is 5.76. The quantitative estimate of drug-likeness (QED) is 0.588. The zero-order chi connectivity index (χ0) is 18.4. The fraction of sp³-hybridized carbons (Fsp3) is 0.176. The van der Waals surface area contributed by atoms with Crippen LogP contribution in [0, 0.1) is 0 Å². The van der Waals surface area contributed by atoms with Crippen molar-refractivity contribution in [3.05, 3.63) is 64.7 Å². The maximum absolute atomic E-state index is 12.1. The van der Waals surface area contributed by atoms with E-state index in [1.807, 2.05) is 0 Å². The van der Waals surface area contributed by atoms with Crippen molar-refractivity contribution in [3.8, 4) is 0 Å². The van der Waals surface area contributed by atoms with Crippen molar-refractivity contribution < 1.29 is 22.7 Å². The number of esters is 1. The van der Waals surface area contributed by atoms with Crippen LogP contribution in [0.1, 0.15) is 22.8 Å². The van der Waals surface area contributed by atoms with Crippen molar-refractivity contribution in [3.63, 3.8) is 0 Å². The lowest BCUT2D eigenvalue weighted by atomic mass is 10.2. The fourth-order valence-electron chi connectivity index (χ4n) is 1.90. The van der Waals surface area contributed by atoms with Crippen LogP contribution in [0.25, 0.3) is 0 Å². The molecule has 2 aromatic rings. The number of hydrogen-bond donors (Lipinski definition) is 1. The SMILES string of the molecule is CC(=O)c1ccc(S(=O)(=O)NCC(=O)OCc2ccc(Cl)cc2)cc1. The Morgan fingerprint density at radius 3 is 2.20 bits per heavy atom. The number of hydrogen-bond acceptors (Lipinski definition) is 5. The summed E-state index contributed by atoms with van der Waals surface area (Å²) in [6.07, 6.45) is 0. The van der Waals surface area contributed by atoms with Gasteiger partial charge in [0, 0.05) is 10.6 Å². The third-order valence-electron chi connectivity index (χ3n) is 3.29. The normalized spacial score (nSPS) is 11.1. The van der Waals surface area contributed by atoms with Gasteiger partial charge in [0.05, 0.1) is 4.90 Å². The standard InChI is InChI=1S/C17H16ClNO5S/c1-12(20)14-4-8-16(9-5-14)25(22,23)19-10-17(21)24-11-13-2-6-15(18)7-3-13/h2-9,19H,10-11H2,1H3. The van der Waals surface area contributed by atoms with E-state index in [0.717, 1.165) is 5.56 Å². The number of ether oxygens (including phenoxy) is 1. The highest BCUT2D eigenvalue weighted by molar-refractivity contribution is 7.89. The topological polar surface area (TPSA) is 89.5 Å². The molecule has 0 fully saturated rings. The van der Waals surface area contributed by atoms with E-state index in [2.05, 4.69) is 4.72 Å². The Kier molecular flexibility index (Phi) is 6.30. The minimum Gasteiger partial charge on any atom is -0.460 e. The molecule has 0 atom stereocenters. The smallest absolute Gasteiger partial charge is 0.321 e. The Labute approximate surface area is 150 Å². The number of rotatable bonds is 7. The van der Waals surface area contributed by atoms with Gasteiger partial charge < -0.3 is 4.74 Å². The van der Waals surface area contributed by atoms with E-state index < -0.39 is 22.5 Å². The Hall–Kier alpha value is -2.22. The van der Waals surface area contributed by atoms with E-state index in [9.17, 15) is 18.0 Å². The molecule has 0 unspecified atom stereocenters. The number of benzene rings is 2. The van der Waals surface area contributed by atoms with Gasteiger partial charge in [0.2, 0.25) is 10.0 Å². The van der Waals surface area contributed by atoms with Crippen molar-refractivity contribution >= 4 is 33.4 Å². The largest absolute Gasteiger partial charge is 0.460 e. The Balaban J connectivity index is 1.89. The highest BCUT2D eigenvalue weighted by Gasteiger charge is 2.16. The molecule has 2 rings (SSSR count). The van der Waals surface area contributed by atoms with Gasteiger partial charge in [0.15, 0.2) is 5.78 Å². The first-order chi connectivity index (χ1) is 11.8. The van der Waals surface area contributed by atoms with Crippen LogP contribution in [-0.4, -0.2) is 26.7 Å². The lowest BCUT2D eigenvalue weighted by Crippen LogP contribution is -2.30. The molecule has 0 spiro atoms. The predicted octanol–water partition coefficient (Wildman–Crippen LogP) is 2.56. The molecule has 0 aliphatic heterocycles. The van der Waals surface area contributed by atoms with Gasteiger partial charge in [-0.2, -0.15) is 4.72 Å². The number of ketones is 1. The van der Waals surface area contributed by atoms with Crippen LogP contribution in [0.3, 0.4) is 0 Å². The second kappa shape index (κ2) is 8.24. The molecule has 0 aliphatic carbocycles. The summed E-state index contributed by atoms with van der Waals surface area (Å²) in [5.41, 5.74) is 1.14. The summed E-state index contributed by atoms with van der Waals surface area (Å²) in [7, 11) is -3.87. The molecule has 132 valence electrons. The lowest BCUT2D eigenvalue weighted by molar-refractivity contribution is -0.143. The molecular formula is C17H16ClNO5S. The van der Waals surface area contributed by atoms with Crippen molar-refractivity contribution in [2.75, 3.05) is 6.54 Å². The fourth-order valence-corrected chi connectivity index (χ4v) is 3.00. The number of sulfonamides is 1. The van der Waals surface area contributed by atoms with E-state index in [0.29, 0.717) is 10.6 Å². The molecular weight excluding hydrogens is 366 g/mol. The molecule has 0 aliphatic rings. The minimum atomic E-state index is -3.87. The number of carbonyl (C=O) groups is 2. The van der Waals surface area contributed by atoms with Crippen LogP contribution < -0.4 is 4.72 Å². The van der Waals surface area contributed by atoms with E-state index in [-0.39, 0.29) is 17.3 Å². The summed E-state index contributed by atoms with van der Waals surface area (Å²) < 4.78 is 31.4. The second-order valence-electron chi connectivity index (χ2n) is 5.19. The zero-order valence-electron chi connectivity index (χ0n) is 13.4. The second-order valence-corrected chi connectivity index (χ2v) is 7.40. The van der Waals surface area contributed by atoms with Gasteiger partial charge in [-0.3, -0.25) is 9.59 Å². The average molecular weight is 382 g/mol. The molecule has 0 bridgehead atoms. The van der Waals surface area contributed by atoms with Crippen LogP contribution in [0.4, 0.5) is 0 Å². The molecule has 0 heterocycles. The van der Waals surface area contributed by atoms with E-state index >= 15 is 0 Å². The van der Waals surface area contributed by atoms with Crippen LogP contribution in [0.5, 0.6) is 0 Å². The molecule has 25 heavy (non-hydrogen) atoms. The van der Waals surface area contributed by atoms with Gasteiger partial charge in [-0.1, -0.05) is 35.9 Å². The molecule has 0 saturated carbocycles. The van der Waals surface area contributed by atoms with E-state index in [1.54, 1.807) is 24.3 Å². The molecule has 2 aromatic carbocycles. The van der Waals surface area contributed by atoms with Gasteiger partial charge >= 0.3 is 5.97 Å². The summed E-state index contributed by atoms with van der Waals surface area (Å²) in [6.45, 7) is 0.911. The van der Waals surface area contributed by atoms with Crippen LogP contribution in [-0.2, 0) is 26.2 Å². The Bertz CT molecular complexity index is 861. The number of carbonyl (C=O) groups excluding carboxylic acids is 2. The highest BCUT2D eigenvalue weighted by Crippen LogP contribution is 2.12. The number of Topliss-reactive ketones (excluding diaryl/α,β-unsaturated/α-hetero) is 1. The Morgan fingerprint density at radius 1 is 1.04 bits per heavy atom. The summed E-state index contributed by atoms with van der Waals surface area (Å²) in [5.74, 6) is -0.874. The van der Waals surface area contributed by atoms with Gasteiger partial charge in [-0.05, 0) is 36.8 Å². The van der Waals surface area contributed by atoms with Gasteiger partial charge in [-0.15, -0.1) is 0 Å². The van der Waals surface area contributed by atoms with Crippen molar-refractivity contribution in [1.29, 1.82) is 0 Å². The average Bonchev–Trinajstić information content (AvgIpc) is 2.59. The first kappa shape index (κ1) is 19.1. The molecule has 0 radical (unpaired) electrons. The summed E-state index contributed by atoms with van der Waals surface area (Å²) in [5, 5.41) is 0.568. The third-order valence-corrected chi connectivity index (χ3v) is 4.96. The van der Waals surface area contributed by atoms with E-state index in [1.165, 1.54) is 31.2 Å². The minimum absolute atomic E-state index is 0.0189. The Morgan fingerprint density at radius 2 is 1.64 bits per heavy atom. The molecule has 0 amide bonds. The first-order valence-corrected chi connectivity index (χ1v) is 9.15. The summed E-state index contributed by atoms with van der Waals surface area (Å²) in [6, 6.07) is 12.2. The van der Waals surface area contributed by atoms with Crippen molar-refractivity contribution in [1.82, 2.24) is 4.72 Å². The summed E-state index contributed by atoms with van der Waals surface area (Å²) in [4.78, 5) is 22.8. The molecule has 0 saturated heterocycles. The molecule has 8 heteroatoms. The van der Waals surface area contributed by atoms with Crippen LogP contribution >= 0.6 is 11.6 Å². The number of nitrogens with one attached hydrogen (secondary N) is 1. The molecule has 6 nitrogen and oxygen atoms in total. The maximum Gasteiger partial charge on any atom is 0.321 e. The van der Waals surface area contributed by atoms with Crippen LogP contribution in [0.2, 0.25) is 5.02 Å². The highest BCUT2D eigenvalue weighted by atomic mass is 35.5. The van der Waals surface area contributed by atoms with Crippen molar-refractivity contribution in [2.45, 2.75) is 18.4 Å².